The van der Waals surface area contributed by atoms with Gasteiger partial charge < -0.3 is 9.84 Å². The van der Waals surface area contributed by atoms with Crippen molar-refractivity contribution < 1.29 is 9.84 Å². The van der Waals surface area contributed by atoms with Gasteiger partial charge in [0, 0.05) is 6.61 Å². The van der Waals surface area contributed by atoms with Crippen molar-refractivity contribution in [2.45, 2.75) is 44.3 Å². The van der Waals surface area contributed by atoms with Crippen LogP contribution in [0.4, 0.5) is 0 Å². The summed E-state index contributed by atoms with van der Waals surface area (Å²) in [4.78, 5) is 0. The summed E-state index contributed by atoms with van der Waals surface area (Å²) in [7, 11) is 0. The fourth-order valence-corrected chi connectivity index (χ4v) is 2.33. The summed E-state index contributed by atoms with van der Waals surface area (Å²) in [5.41, 5.74) is 0.247. The molecule has 1 saturated carbocycles. The minimum absolute atomic E-state index is 0.0959. The molecule has 1 aliphatic carbocycles. The summed E-state index contributed by atoms with van der Waals surface area (Å²) in [6, 6.07) is 0. The lowest BCUT2D eigenvalue weighted by Crippen LogP contribution is -2.30. The molecule has 1 heterocycles. The zero-order chi connectivity index (χ0) is 8.11. The van der Waals surface area contributed by atoms with Crippen molar-refractivity contribution in [1.82, 2.24) is 0 Å². The molecule has 2 aliphatic rings. The molecule has 1 aliphatic heterocycles. The fourth-order valence-electron chi connectivity index (χ4n) is 2.33. The van der Waals surface area contributed by atoms with Crippen molar-refractivity contribution in [2.75, 3.05) is 6.61 Å². The molecule has 1 N–H and O–H groups in total. The van der Waals surface area contributed by atoms with Crippen LogP contribution >= 0.6 is 0 Å². The molecule has 3 atom stereocenters. The van der Waals surface area contributed by atoms with Crippen LogP contribution in [0.3, 0.4) is 0 Å². The maximum Gasteiger partial charge on any atom is 0.0952 e. The van der Waals surface area contributed by atoms with Crippen LogP contribution in [0.2, 0.25) is 0 Å². The van der Waals surface area contributed by atoms with Gasteiger partial charge in [-0.1, -0.05) is 0 Å². The lowest BCUT2D eigenvalue weighted by Gasteiger charge is -2.25. The highest BCUT2D eigenvalue weighted by Crippen LogP contribution is 2.58. The molecule has 1 saturated heterocycles. The Bertz CT molecular complexity index is 180. The van der Waals surface area contributed by atoms with Gasteiger partial charge in [0.05, 0.1) is 11.2 Å². The van der Waals surface area contributed by atoms with Crippen molar-refractivity contribution in [3.05, 3.63) is 0 Å². The number of hydrogen-bond acceptors (Lipinski definition) is 2. The van der Waals surface area contributed by atoms with Gasteiger partial charge in [-0.3, -0.25) is 0 Å². The van der Waals surface area contributed by atoms with Crippen LogP contribution in [-0.4, -0.2) is 22.9 Å². The predicted molar refractivity (Wildman–Crippen MR) is 42.3 cm³/mol. The maximum atomic E-state index is 8.97. The molecule has 64 valence electrons. The summed E-state index contributed by atoms with van der Waals surface area (Å²) in [6.45, 7) is 4.67. The van der Waals surface area contributed by atoms with E-state index in [1.807, 2.05) is 0 Å². The molecule has 0 spiro atoms. The van der Waals surface area contributed by atoms with E-state index >= 15 is 0 Å². The van der Waals surface area contributed by atoms with E-state index in [-0.39, 0.29) is 11.2 Å². The van der Waals surface area contributed by atoms with E-state index in [2.05, 4.69) is 13.8 Å². The Kier molecular flexibility index (Phi) is 1.37. The van der Waals surface area contributed by atoms with Gasteiger partial charge in [0.1, 0.15) is 0 Å². The quantitative estimate of drug-likeness (QED) is 0.581. The largest absolute Gasteiger partial charge is 0.396 e. The number of fused-ring (bicyclic) bond motifs is 1. The second-order valence-electron chi connectivity index (χ2n) is 4.36. The summed E-state index contributed by atoms with van der Waals surface area (Å²) in [5, 5.41) is 8.97. The lowest BCUT2D eigenvalue weighted by molar-refractivity contribution is 0.172. The van der Waals surface area contributed by atoms with Crippen LogP contribution in [-0.2, 0) is 4.74 Å². The molecule has 0 aromatic rings. The first-order valence-corrected chi connectivity index (χ1v) is 4.41. The SMILES string of the molecule is CC12CCC(CO)CC1(C)O2. The summed E-state index contributed by atoms with van der Waals surface area (Å²) in [5.74, 6) is 0.482. The molecule has 2 nitrogen and oxygen atoms in total. The zero-order valence-corrected chi connectivity index (χ0v) is 7.26. The van der Waals surface area contributed by atoms with E-state index in [0.29, 0.717) is 12.5 Å². The molecule has 0 amide bonds. The molecule has 0 aromatic carbocycles. The lowest BCUT2D eigenvalue weighted by atomic mass is 9.76. The molecule has 0 bridgehead atoms. The van der Waals surface area contributed by atoms with Gasteiger partial charge in [0.2, 0.25) is 0 Å². The van der Waals surface area contributed by atoms with Gasteiger partial charge in [-0.25, -0.2) is 0 Å². The number of rotatable bonds is 1. The van der Waals surface area contributed by atoms with E-state index in [1.165, 1.54) is 0 Å². The Morgan fingerprint density at radius 3 is 2.73 bits per heavy atom. The van der Waals surface area contributed by atoms with Crippen LogP contribution in [0.25, 0.3) is 0 Å². The summed E-state index contributed by atoms with van der Waals surface area (Å²) < 4.78 is 5.67. The Balaban J connectivity index is 2.04. The summed E-state index contributed by atoms with van der Waals surface area (Å²) in [6.07, 6.45) is 3.29. The van der Waals surface area contributed by atoms with Crippen LogP contribution in [0.1, 0.15) is 33.1 Å². The van der Waals surface area contributed by atoms with E-state index in [9.17, 15) is 0 Å². The third-order valence-corrected chi connectivity index (χ3v) is 3.49. The molecule has 11 heavy (non-hydrogen) atoms. The monoisotopic (exact) mass is 156 g/mol. The highest BCUT2D eigenvalue weighted by Gasteiger charge is 2.65. The molecule has 2 rings (SSSR count). The Morgan fingerprint density at radius 2 is 2.18 bits per heavy atom. The smallest absolute Gasteiger partial charge is 0.0952 e. The Labute approximate surface area is 67.6 Å². The summed E-state index contributed by atoms with van der Waals surface area (Å²) >= 11 is 0. The Morgan fingerprint density at radius 1 is 1.45 bits per heavy atom. The topological polar surface area (TPSA) is 32.8 Å². The first-order valence-electron chi connectivity index (χ1n) is 4.41. The van der Waals surface area contributed by atoms with Gasteiger partial charge in [-0.05, 0) is 39.0 Å². The van der Waals surface area contributed by atoms with E-state index < -0.39 is 0 Å². The van der Waals surface area contributed by atoms with Crippen LogP contribution in [0, 0.1) is 5.92 Å². The average molecular weight is 156 g/mol. The first kappa shape index (κ1) is 7.56. The number of aliphatic hydroxyl groups is 1. The van der Waals surface area contributed by atoms with Crippen molar-refractivity contribution in [1.29, 1.82) is 0 Å². The normalized spacial score (nSPS) is 55.4. The standard InChI is InChI=1S/C9H16O2/c1-8-4-3-7(6-10)5-9(8,2)11-8/h7,10H,3-6H2,1-2H3. The van der Waals surface area contributed by atoms with Crippen LogP contribution in [0.5, 0.6) is 0 Å². The van der Waals surface area contributed by atoms with E-state index in [0.717, 1.165) is 19.3 Å². The molecule has 0 radical (unpaired) electrons. The molecular formula is C9H16O2. The Hall–Kier alpha value is -0.0800. The fraction of sp³-hybridized carbons (Fsp3) is 1.00. The van der Waals surface area contributed by atoms with Gasteiger partial charge in [0.15, 0.2) is 0 Å². The molecule has 3 unspecified atom stereocenters. The molecular weight excluding hydrogens is 140 g/mol. The number of hydrogen-bond donors (Lipinski definition) is 1. The van der Waals surface area contributed by atoms with Crippen LogP contribution < -0.4 is 0 Å². The van der Waals surface area contributed by atoms with Crippen molar-refractivity contribution >= 4 is 0 Å². The second kappa shape index (κ2) is 1.99. The molecule has 2 fully saturated rings. The zero-order valence-electron chi connectivity index (χ0n) is 7.26. The third-order valence-electron chi connectivity index (χ3n) is 3.49. The van der Waals surface area contributed by atoms with Crippen molar-refractivity contribution in [2.24, 2.45) is 5.92 Å². The minimum Gasteiger partial charge on any atom is -0.396 e. The highest BCUT2D eigenvalue weighted by molar-refractivity contribution is 5.13. The number of epoxide rings is 1. The second-order valence-corrected chi connectivity index (χ2v) is 4.36. The maximum absolute atomic E-state index is 8.97. The first-order chi connectivity index (χ1) is 5.10. The number of aliphatic hydroxyl groups excluding tert-OH is 1. The van der Waals surface area contributed by atoms with E-state index in [1.54, 1.807) is 0 Å². The van der Waals surface area contributed by atoms with Crippen LogP contribution in [0.15, 0.2) is 0 Å². The molecule has 2 heteroatoms. The van der Waals surface area contributed by atoms with Crippen molar-refractivity contribution in [3.8, 4) is 0 Å². The van der Waals surface area contributed by atoms with Gasteiger partial charge >= 0.3 is 0 Å². The average Bonchev–Trinajstić information content (AvgIpc) is 2.51. The minimum atomic E-state index is 0.0959. The van der Waals surface area contributed by atoms with Gasteiger partial charge in [0.25, 0.3) is 0 Å². The number of ether oxygens (including phenoxy) is 1. The van der Waals surface area contributed by atoms with Crippen molar-refractivity contribution in [3.63, 3.8) is 0 Å². The van der Waals surface area contributed by atoms with Gasteiger partial charge in [-0.2, -0.15) is 0 Å². The van der Waals surface area contributed by atoms with Gasteiger partial charge in [-0.15, -0.1) is 0 Å². The predicted octanol–water partition coefficient (Wildman–Crippen LogP) is 1.33. The highest BCUT2D eigenvalue weighted by atomic mass is 16.6. The molecule has 0 aromatic heterocycles. The van der Waals surface area contributed by atoms with E-state index in [4.69, 9.17) is 9.84 Å². The third kappa shape index (κ3) is 0.926.